The lowest BCUT2D eigenvalue weighted by atomic mass is 10.1. The van der Waals surface area contributed by atoms with Gasteiger partial charge >= 0.3 is 0 Å². The maximum Gasteiger partial charge on any atom is 0.257 e. The molecule has 3 rings (SSSR count). The average molecular weight is 428 g/mol. The summed E-state index contributed by atoms with van der Waals surface area (Å²) in [7, 11) is 1.33. The molecule has 0 saturated carbocycles. The van der Waals surface area contributed by atoms with Crippen molar-refractivity contribution in [3.8, 4) is 5.75 Å². The Labute approximate surface area is 179 Å². The van der Waals surface area contributed by atoms with Gasteiger partial charge in [0.15, 0.2) is 0 Å². The fourth-order valence-corrected chi connectivity index (χ4v) is 6.46. The molecule has 2 aromatic carbocycles. The third kappa shape index (κ3) is 4.13. The van der Waals surface area contributed by atoms with Crippen molar-refractivity contribution in [3.63, 3.8) is 0 Å². The van der Waals surface area contributed by atoms with Gasteiger partial charge in [-0.25, -0.2) is 0 Å². The Morgan fingerprint density at radius 2 is 1.73 bits per heavy atom. The number of rotatable bonds is 7. The molecule has 1 unspecified atom stereocenters. The minimum atomic E-state index is -2.02. The van der Waals surface area contributed by atoms with E-state index in [0.717, 1.165) is 46.1 Å². The lowest BCUT2D eigenvalue weighted by Gasteiger charge is -2.36. The molecule has 7 heteroatoms. The van der Waals surface area contributed by atoms with E-state index in [9.17, 15) is 4.79 Å². The van der Waals surface area contributed by atoms with Crippen molar-refractivity contribution in [2.45, 2.75) is 33.6 Å². The zero-order valence-corrected chi connectivity index (χ0v) is 19.0. The van der Waals surface area contributed by atoms with Crippen molar-refractivity contribution in [2.24, 2.45) is 10.2 Å². The van der Waals surface area contributed by atoms with Gasteiger partial charge in [0.05, 0.1) is 7.11 Å². The third-order valence-corrected chi connectivity index (χ3v) is 8.28. The first-order valence-electron chi connectivity index (χ1n) is 10.0. The number of unbranched alkanes of at least 4 members (excludes halogenated alkanes) is 1. The Kier molecular flexibility index (Phi) is 6.95. The zero-order valence-electron chi connectivity index (χ0n) is 18.2. The monoisotopic (exact) mass is 427 g/mol. The standard InChI is InChI=1S/C23H29N3O3S/c1-6-7-13-30(29-5)22(19-14-16(2)20(28-4)17(3)15-19)25-26-23(30)24-21(27)18-11-9-8-10-12-18/h8-12,14-15H,6-7,13H2,1-5H3,(H,24,26,27). The molecular weight excluding hydrogens is 398 g/mol. The van der Waals surface area contributed by atoms with Crippen molar-refractivity contribution in [3.05, 3.63) is 64.7 Å². The lowest BCUT2D eigenvalue weighted by Crippen LogP contribution is -2.37. The summed E-state index contributed by atoms with van der Waals surface area (Å²) in [5.74, 6) is 1.40. The van der Waals surface area contributed by atoms with Gasteiger partial charge in [0.2, 0.25) is 5.17 Å². The number of ether oxygens (including phenoxy) is 1. The van der Waals surface area contributed by atoms with Gasteiger partial charge in [0, 0.05) is 24.0 Å². The Hall–Kier alpha value is -2.64. The van der Waals surface area contributed by atoms with E-state index in [0.29, 0.717) is 10.7 Å². The third-order valence-electron chi connectivity index (χ3n) is 5.09. The van der Waals surface area contributed by atoms with E-state index in [1.54, 1.807) is 26.4 Å². The molecule has 1 aliphatic rings. The summed E-state index contributed by atoms with van der Waals surface area (Å²) >= 11 is 0. The number of methoxy groups -OCH3 is 1. The van der Waals surface area contributed by atoms with Gasteiger partial charge in [-0.05, 0) is 66.0 Å². The molecule has 2 aromatic rings. The van der Waals surface area contributed by atoms with E-state index >= 15 is 0 Å². The van der Waals surface area contributed by atoms with Crippen LogP contribution in [0.4, 0.5) is 0 Å². The summed E-state index contributed by atoms with van der Waals surface area (Å²) in [4.78, 5) is 12.8. The number of amidine groups is 1. The molecule has 1 N–H and O–H groups in total. The molecule has 0 spiro atoms. The minimum absolute atomic E-state index is 0.210. The van der Waals surface area contributed by atoms with Crippen LogP contribution in [0.3, 0.4) is 0 Å². The van der Waals surface area contributed by atoms with E-state index in [1.165, 1.54) is 0 Å². The fraction of sp³-hybridized carbons (Fsp3) is 0.348. The highest BCUT2D eigenvalue weighted by Gasteiger charge is 2.42. The van der Waals surface area contributed by atoms with Crippen LogP contribution in [0.15, 0.2) is 52.7 Å². The lowest BCUT2D eigenvalue weighted by molar-refractivity contribution is 0.0977. The largest absolute Gasteiger partial charge is 0.496 e. The Bertz CT molecular complexity index is 965. The van der Waals surface area contributed by atoms with Crippen molar-refractivity contribution >= 4 is 26.4 Å². The number of nitrogens with one attached hydrogen (secondary N) is 1. The summed E-state index contributed by atoms with van der Waals surface area (Å²) in [5.41, 5.74) is 3.57. The van der Waals surface area contributed by atoms with Gasteiger partial charge in [0.1, 0.15) is 10.8 Å². The van der Waals surface area contributed by atoms with Crippen molar-refractivity contribution in [1.82, 2.24) is 5.32 Å². The second-order valence-electron chi connectivity index (χ2n) is 7.17. The number of carbonyl (C=O) groups is 1. The molecule has 0 bridgehead atoms. The Balaban J connectivity index is 1.98. The fourth-order valence-electron chi connectivity index (χ4n) is 3.61. The molecule has 1 atom stereocenters. The molecule has 0 radical (unpaired) electrons. The van der Waals surface area contributed by atoms with Gasteiger partial charge < -0.3 is 8.92 Å². The SMILES string of the molecule is CCCCS1(OC)C(NC(=O)c2ccccc2)=NN=C1c1cc(C)c(OC)c(C)c1. The second-order valence-corrected chi connectivity index (χ2v) is 10.0. The summed E-state index contributed by atoms with van der Waals surface area (Å²) in [5, 5.41) is 13.2. The van der Waals surface area contributed by atoms with E-state index in [4.69, 9.17) is 8.92 Å². The van der Waals surface area contributed by atoms with Crippen LogP contribution in [-0.4, -0.2) is 36.1 Å². The summed E-state index contributed by atoms with van der Waals surface area (Å²) in [6.07, 6.45) is 1.95. The van der Waals surface area contributed by atoms with Crippen LogP contribution < -0.4 is 10.1 Å². The van der Waals surface area contributed by atoms with Crippen LogP contribution in [0.1, 0.15) is 46.8 Å². The van der Waals surface area contributed by atoms with E-state index in [-0.39, 0.29) is 5.91 Å². The van der Waals surface area contributed by atoms with Crippen LogP contribution in [0.5, 0.6) is 5.75 Å². The first-order chi connectivity index (χ1) is 14.5. The molecule has 0 saturated heterocycles. The molecule has 0 fully saturated rings. The molecule has 0 aromatic heterocycles. The quantitative estimate of drug-likeness (QED) is 0.680. The highest BCUT2D eigenvalue weighted by molar-refractivity contribution is 8.53. The van der Waals surface area contributed by atoms with Crippen LogP contribution in [-0.2, 0) is 4.18 Å². The van der Waals surface area contributed by atoms with Crippen molar-refractivity contribution in [1.29, 1.82) is 0 Å². The predicted molar refractivity (Wildman–Crippen MR) is 125 cm³/mol. The molecular formula is C23H29N3O3S. The number of benzene rings is 2. The van der Waals surface area contributed by atoms with Crippen molar-refractivity contribution < 1.29 is 13.7 Å². The topological polar surface area (TPSA) is 72.3 Å². The highest BCUT2D eigenvalue weighted by Crippen LogP contribution is 2.56. The van der Waals surface area contributed by atoms with Crippen LogP contribution >= 0.6 is 10.3 Å². The van der Waals surface area contributed by atoms with Gasteiger partial charge in [-0.2, -0.15) is 0 Å². The molecule has 1 aliphatic heterocycles. The Morgan fingerprint density at radius 3 is 2.30 bits per heavy atom. The smallest absolute Gasteiger partial charge is 0.257 e. The summed E-state index contributed by atoms with van der Waals surface area (Å²) in [6, 6.07) is 13.2. The average Bonchev–Trinajstić information content (AvgIpc) is 3.10. The highest BCUT2D eigenvalue weighted by atomic mass is 32.3. The van der Waals surface area contributed by atoms with Crippen LogP contribution in [0.25, 0.3) is 0 Å². The number of hydrogen-bond donors (Lipinski definition) is 1. The number of nitrogens with zero attached hydrogens (tertiary/aromatic N) is 2. The Morgan fingerprint density at radius 1 is 1.07 bits per heavy atom. The van der Waals surface area contributed by atoms with Crippen LogP contribution in [0.2, 0.25) is 0 Å². The van der Waals surface area contributed by atoms with Gasteiger partial charge in [-0.15, -0.1) is 10.2 Å². The van der Waals surface area contributed by atoms with E-state index in [1.807, 2.05) is 32.0 Å². The molecule has 0 aliphatic carbocycles. The summed E-state index contributed by atoms with van der Waals surface area (Å²) in [6.45, 7) is 6.16. The molecule has 1 heterocycles. The van der Waals surface area contributed by atoms with Gasteiger partial charge in [-0.1, -0.05) is 31.5 Å². The zero-order chi connectivity index (χ0) is 21.7. The van der Waals surface area contributed by atoms with Crippen molar-refractivity contribution in [2.75, 3.05) is 20.0 Å². The number of hydrogen-bond acceptors (Lipinski definition) is 5. The normalized spacial score (nSPS) is 20.2. The minimum Gasteiger partial charge on any atom is -0.496 e. The first kappa shape index (κ1) is 22.1. The maximum atomic E-state index is 12.8. The maximum absolute atomic E-state index is 12.8. The molecule has 160 valence electrons. The molecule has 1 amide bonds. The van der Waals surface area contributed by atoms with Crippen LogP contribution in [0, 0.1) is 13.8 Å². The van der Waals surface area contributed by atoms with E-state index in [2.05, 4.69) is 34.6 Å². The predicted octanol–water partition coefficient (Wildman–Crippen LogP) is 4.94. The number of amides is 1. The molecule has 6 nitrogen and oxygen atoms in total. The number of carbonyl (C=O) groups excluding carboxylic acids is 1. The summed E-state index contributed by atoms with van der Waals surface area (Å²) < 4.78 is 11.6. The van der Waals surface area contributed by atoms with Gasteiger partial charge in [0.25, 0.3) is 5.91 Å². The van der Waals surface area contributed by atoms with E-state index < -0.39 is 10.3 Å². The second kappa shape index (κ2) is 9.45. The first-order valence-corrected chi connectivity index (χ1v) is 11.7. The molecule has 30 heavy (non-hydrogen) atoms. The number of aryl methyl sites for hydroxylation is 2. The van der Waals surface area contributed by atoms with Gasteiger partial charge in [-0.3, -0.25) is 10.1 Å².